The van der Waals surface area contributed by atoms with Gasteiger partial charge in [-0.1, -0.05) is 6.07 Å². The van der Waals surface area contributed by atoms with Crippen LogP contribution in [-0.4, -0.2) is 9.55 Å². The van der Waals surface area contributed by atoms with Crippen molar-refractivity contribution in [2.24, 2.45) is 0 Å². The van der Waals surface area contributed by atoms with Gasteiger partial charge in [-0.25, -0.2) is 0 Å². The van der Waals surface area contributed by atoms with E-state index >= 15 is 0 Å². The van der Waals surface area contributed by atoms with E-state index in [1.165, 1.54) is 0 Å². The van der Waals surface area contributed by atoms with E-state index in [0.717, 1.165) is 22.7 Å². The minimum absolute atomic E-state index is 0.0363. The number of aromatic nitrogens is 2. The van der Waals surface area contributed by atoms with E-state index in [2.05, 4.69) is 10.3 Å². The van der Waals surface area contributed by atoms with Crippen LogP contribution in [0.15, 0.2) is 64.3 Å². The SMILES string of the molecule is Cc1cc(NCc2ccco2)cc(=O)n1Cc1cccnc1. The van der Waals surface area contributed by atoms with Gasteiger partial charge >= 0.3 is 0 Å². The molecule has 0 fully saturated rings. The van der Waals surface area contributed by atoms with Crippen molar-refractivity contribution in [2.75, 3.05) is 5.32 Å². The second-order valence-corrected chi connectivity index (χ2v) is 5.10. The molecule has 0 spiro atoms. The van der Waals surface area contributed by atoms with E-state index in [9.17, 15) is 4.79 Å². The number of aryl methyl sites for hydroxylation is 1. The fourth-order valence-corrected chi connectivity index (χ4v) is 2.31. The summed E-state index contributed by atoms with van der Waals surface area (Å²) >= 11 is 0. The number of furan rings is 1. The second-order valence-electron chi connectivity index (χ2n) is 5.10. The van der Waals surface area contributed by atoms with Crippen LogP contribution in [-0.2, 0) is 13.1 Å². The molecule has 0 atom stereocenters. The summed E-state index contributed by atoms with van der Waals surface area (Å²) in [5, 5.41) is 3.20. The highest BCUT2D eigenvalue weighted by Crippen LogP contribution is 2.11. The highest BCUT2D eigenvalue weighted by Gasteiger charge is 2.05. The highest BCUT2D eigenvalue weighted by molar-refractivity contribution is 5.43. The van der Waals surface area contributed by atoms with Crippen molar-refractivity contribution in [2.45, 2.75) is 20.0 Å². The summed E-state index contributed by atoms with van der Waals surface area (Å²) in [5.41, 5.74) is 2.66. The Morgan fingerprint density at radius 3 is 2.86 bits per heavy atom. The summed E-state index contributed by atoms with van der Waals surface area (Å²) in [5.74, 6) is 0.831. The molecule has 3 heterocycles. The topological polar surface area (TPSA) is 60.1 Å². The van der Waals surface area contributed by atoms with E-state index in [1.807, 2.05) is 37.3 Å². The summed E-state index contributed by atoms with van der Waals surface area (Å²) in [6.07, 6.45) is 5.13. The molecule has 5 heteroatoms. The van der Waals surface area contributed by atoms with Crippen molar-refractivity contribution < 1.29 is 4.42 Å². The van der Waals surface area contributed by atoms with Crippen LogP contribution in [0.1, 0.15) is 17.0 Å². The third kappa shape index (κ3) is 3.25. The summed E-state index contributed by atoms with van der Waals surface area (Å²) in [6.45, 7) is 3.01. The molecule has 3 aromatic rings. The van der Waals surface area contributed by atoms with Gasteiger partial charge in [0, 0.05) is 29.8 Å². The maximum Gasteiger partial charge on any atom is 0.253 e. The molecule has 0 aliphatic carbocycles. The molecule has 3 rings (SSSR count). The Kier molecular flexibility index (Phi) is 4.05. The van der Waals surface area contributed by atoms with E-state index in [4.69, 9.17) is 4.42 Å². The van der Waals surface area contributed by atoms with Gasteiger partial charge in [0.2, 0.25) is 0 Å². The number of rotatable bonds is 5. The third-order valence-electron chi connectivity index (χ3n) is 3.45. The zero-order chi connectivity index (χ0) is 15.4. The van der Waals surface area contributed by atoms with Gasteiger partial charge in [-0.2, -0.15) is 0 Å². The van der Waals surface area contributed by atoms with Gasteiger partial charge in [-0.15, -0.1) is 0 Å². The normalized spacial score (nSPS) is 10.6. The maximum absolute atomic E-state index is 12.3. The number of pyridine rings is 2. The lowest BCUT2D eigenvalue weighted by Crippen LogP contribution is -2.22. The van der Waals surface area contributed by atoms with E-state index in [1.54, 1.807) is 29.3 Å². The number of hydrogen-bond acceptors (Lipinski definition) is 4. The Morgan fingerprint density at radius 2 is 2.18 bits per heavy atom. The molecule has 112 valence electrons. The van der Waals surface area contributed by atoms with Gasteiger partial charge < -0.3 is 14.3 Å². The van der Waals surface area contributed by atoms with Crippen LogP contribution >= 0.6 is 0 Å². The standard InChI is InChI=1S/C17H17N3O2/c1-13-8-15(19-11-16-5-3-7-22-16)9-17(21)20(13)12-14-4-2-6-18-10-14/h2-10,19H,11-12H2,1H3. The summed E-state index contributed by atoms with van der Waals surface area (Å²) in [6, 6.07) is 11.1. The summed E-state index contributed by atoms with van der Waals surface area (Å²) < 4.78 is 7.00. The molecule has 5 nitrogen and oxygen atoms in total. The fraction of sp³-hybridized carbons (Fsp3) is 0.176. The smallest absolute Gasteiger partial charge is 0.253 e. The minimum atomic E-state index is -0.0363. The Labute approximate surface area is 128 Å². The van der Waals surface area contributed by atoms with Gasteiger partial charge in [0.15, 0.2) is 0 Å². The third-order valence-corrected chi connectivity index (χ3v) is 3.45. The largest absolute Gasteiger partial charge is 0.467 e. The van der Waals surface area contributed by atoms with Gasteiger partial charge in [-0.3, -0.25) is 9.78 Å². The molecule has 0 unspecified atom stereocenters. The first-order valence-corrected chi connectivity index (χ1v) is 7.09. The summed E-state index contributed by atoms with van der Waals surface area (Å²) in [7, 11) is 0. The van der Waals surface area contributed by atoms with Crippen molar-refractivity contribution in [3.05, 3.63) is 82.4 Å². The zero-order valence-electron chi connectivity index (χ0n) is 12.3. The van der Waals surface area contributed by atoms with Crippen LogP contribution in [0.25, 0.3) is 0 Å². The Hall–Kier alpha value is -2.82. The van der Waals surface area contributed by atoms with Crippen molar-refractivity contribution in [3.8, 4) is 0 Å². The predicted molar refractivity (Wildman–Crippen MR) is 84.8 cm³/mol. The van der Waals surface area contributed by atoms with Gasteiger partial charge in [0.05, 0.1) is 19.4 Å². The quantitative estimate of drug-likeness (QED) is 0.786. The molecule has 0 aliphatic heterocycles. The first kappa shape index (κ1) is 14.1. The number of anilines is 1. The molecule has 1 N–H and O–H groups in total. The molecule has 0 aliphatic rings. The predicted octanol–water partition coefficient (Wildman–Crippen LogP) is 2.81. The average Bonchev–Trinajstić information content (AvgIpc) is 3.03. The van der Waals surface area contributed by atoms with Crippen molar-refractivity contribution in [1.82, 2.24) is 9.55 Å². The monoisotopic (exact) mass is 295 g/mol. The highest BCUT2D eigenvalue weighted by atomic mass is 16.3. The Bertz CT molecular complexity index is 793. The first-order valence-electron chi connectivity index (χ1n) is 7.09. The average molecular weight is 295 g/mol. The van der Waals surface area contributed by atoms with Crippen molar-refractivity contribution in [3.63, 3.8) is 0 Å². The molecule has 3 aromatic heterocycles. The molecule has 0 saturated heterocycles. The number of hydrogen-bond donors (Lipinski definition) is 1. The summed E-state index contributed by atoms with van der Waals surface area (Å²) in [4.78, 5) is 16.4. The maximum atomic E-state index is 12.3. The van der Waals surface area contributed by atoms with E-state index in [-0.39, 0.29) is 5.56 Å². The first-order chi connectivity index (χ1) is 10.7. The Morgan fingerprint density at radius 1 is 1.27 bits per heavy atom. The molecule has 0 saturated carbocycles. The Balaban J connectivity index is 1.77. The molecule has 0 radical (unpaired) electrons. The molecular weight excluding hydrogens is 278 g/mol. The lowest BCUT2D eigenvalue weighted by Gasteiger charge is -2.12. The lowest BCUT2D eigenvalue weighted by atomic mass is 10.2. The molecule has 0 bridgehead atoms. The minimum Gasteiger partial charge on any atom is -0.467 e. The van der Waals surface area contributed by atoms with Crippen LogP contribution in [0.4, 0.5) is 5.69 Å². The fourth-order valence-electron chi connectivity index (χ4n) is 2.31. The lowest BCUT2D eigenvalue weighted by molar-refractivity contribution is 0.518. The molecule has 0 aromatic carbocycles. The van der Waals surface area contributed by atoms with Gasteiger partial charge in [-0.05, 0) is 36.8 Å². The molecular formula is C17H17N3O2. The van der Waals surface area contributed by atoms with Crippen molar-refractivity contribution >= 4 is 5.69 Å². The number of nitrogens with zero attached hydrogens (tertiary/aromatic N) is 2. The number of nitrogens with one attached hydrogen (secondary N) is 1. The van der Waals surface area contributed by atoms with Crippen LogP contribution in [0, 0.1) is 6.92 Å². The van der Waals surface area contributed by atoms with E-state index in [0.29, 0.717) is 13.1 Å². The van der Waals surface area contributed by atoms with Crippen molar-refractivity contribution in [1.29, 1.82) is 0 Å². The van der Waals surface area contributed by atoms with E-state index < -0.39 is 0 Å². The molecule has 22 heavy (non-hydrogen) atoms. The second kappa shape index (κ2) is 6.30. The van der Waals surface area contributed by atoms with Crippen LogP contribution in [0.5, 0.6) is 0 Å². The van der Waals surface area contributed by atoms with Crippen LogP contribution < -0.4 is 10.9 Å². The van der Waals surface area contributed by atoms with Crippen LogP contribution in [0.2, 0.25) is 0 Å². The zero-order valence-corrected chi connectivity index (χ0v) is 12.3. The van der Waals surface area contributed by atoms with Gasteiger partial charge in [0.1, 0.15) is 5.76 Å². The van der Waals surface area contributed by atoms with Gasteiger partial charge in [0.25, 0.3) is 5.56 Å². The van der Waals surface area contributed by atoms with Crippen LogP contribution in [0.3, 0.4) is 0 Å². The molecule has 0 amide bonds.